The number of rotatable bonds is 6. The highest BCUT2D eigenvalue weighted by Gasteiger charge is 2.11. The third-order valence-electron chi connectivity index (χ3n) is 2.59. The minimum Gasteiger partial charge on any atom is -0.480 e. The Morgan fingerprint density at radius 3 is 2.80 bits per heavy atom. The van der Waals surface area contributed by atoms with Crippen LogP contribution in [-0.2, 0) is 11.3 Å². The van der Waals surface area contributed by atoms with Gasteiger partial charge in [-0.2, -0.15) is 15.0 Å². The van der Waals surface area contributed by atoms with Gasteiger partial charge in [-0.25, -0.2) is 0 Å². The van der Waals surface area contributed by atoms with Crippen LogP contribution in [-0.4, -0.2) is 44.1 Å². The Morgan fingerprint density at radius 2 is 2.15 bits per heavy atom. The van der Waals surface area contributed by atoms with Crippen LogP contribution in [0, 0.1) is 12.3 Å². The molecule has 0 fully saturated rings. The summed E-state index contributed by atoms with van der Waals surface area (Å²) in [7, 11) is 0. The van der Waals surface area contributed by atoms with Crippen LogP contribution >= 0.6 is 0 Å². The molecular formula is C14H14N4O2. The Labute approximate surface area is 116 Å². The highest BCUT2D eigenvalue weighted by molar-refractivity contribution is 5.69. The van der Waals surface area contributed by atoms with Crippen molar-refractivity contribution >= 4 is 5.97 Å². The molecule has 2 aromatic rings. The smallest absolute Gasteiger partial charge is 0.317 e. The molecule has 0 aliphatic rings. The molecule has 0 spiro atoms. The standard InChI is InChI=1S/C14H14N4O2/c1-2-8-17(11-14(19)20)10-12-9-15-18(16-12)13-6-4-3-5-7-13/h1,3-7,9H,8,10-11H2,(H,19,20). The van der Waals surface area contributed by atoms with Crippen molar-refractivity contribution in [2.45, 2.75) is 6.54 Å². The number of benzene rings is 1. The number of aromatic nitrogens is 3. The quantitative estimate of drug-likeness (QED) is 0.786. The van der Waals surface area contributed by atoms with Gasteiger partial charge in [-0.3, -0.25) is 9.69 Å². The van der Waals surface area contributed by atoms with Gasteiger partial charge in [-0.05, 0) is 12.1 Å². The number of aliphatic carboxylic acids is 1. The number of hydrogen-bond donors (Lipinski definition) is 1. The molecule has 0 aliphatic heterocycles. The molecule has 2 rings (SSSR count). The van der Waals surface area contributed by atoms with Gasteiger partial charge in [0.2, 0.25) is 0 Å². The molecule has 20 heavy (non-hydrogen) atoms. The zero-order valence-corrected chi connectivity index (χ0v) is 10.8. The third-order valence-corrected chi connectivity index (χ3v) is 2.59. The molecule has 1 N–H and O–H groups in total. The van der Waals surface area contributed by atoms with Crippen LogP contribution in [0.15, 0.2) is 36.5 Å². The van der Waals surface area contributed by atoms with E-state index in [0.717, 1.165) is 5.69 Å². The first-order valence-corrected chi connectivity index (χ1v) is 6.03. The molecule has 102 valence electrons. The zero-order valence-electron chi connectivity index (χ0n) is 10.8. The van der Waals surface area contributed by atoms with Gasteiger partial charge in [0.25, 0.3) is 0 Å². The maximum Gasteiger partial charge on any atom is 0.317 e. The van der Waals surface area contributed by atoms with Gasteiger partial charge in [0.15, 0.2) is 0 Å². The van der Waals surface area contributed by atoms with Gasteiger partial charge in [0.1, 0.15) is 0 Å². The summed E-state index contributed by atoms with van der Waals surface area (Å²) >= 11 is 0. The Bertz CT molecular complexity index is 616. The average Bonchev–Trinajstić information content (AvgIpc) is 2.88. The Hall–Kier alpha value is -2.65. The Kier molecular flexibility index (Phi) is 4.47. The maximum absolute atomic E-state index is 10.7. The predicted molar refractivity (Wildman–Crippen MR) is 73.1 cm³/mol. The molecule has 0 aliphatic carbocycles. The molecule has 1 aromatic heterocycles. The highest BCUT2D eigenvalue weighted by Crippen LogP contribution is 2.06. The summed E-state index contributed by atoms with van der Waals surface area (Å²) in [6.45, 7) is 0.482. The fourth-order valence-corrected chi connectivity index (χ4v) is 1.77. The number of nitrogens with zero attached hydrogens (tertiary/aromatic N) is 4. The first kappa shape index (κ1) is 13.8. The first-order valence-electron chi connectivity index (χ1n) is 6.03. The number of terminal acetylenes is 1. The minimum absolute atomic E-state index is 0.123. The van der Waals surface area contributed by atoms with E-state index in [0.29, 0.717) is 12.2 Å². The van der Waals surface area contributed by atoms with Gasteiger partial charge in [-0.15, -0.1) is 6.42 Å². The fourth-order valence-electron chi connectivity index (χ4n) is 1.77. The van der Waals surface area contributed by atoms with Crippen LogP contribution in [0.1, 0.15) is 5.69 Å². The molecule has 0 radical (unpaired) electrons. The van der Waals surface area contributed by atoms with E-state index in [1.165, 1.54) is 4.80 Å². The molecular weight excluding hydrogens is 256 g/mol. The van der Waals surface area contributed by atoms with E-state index in [2.05, 4.69) is 16.1 Å². The van der Waals surface area contributed by atoms with Crippen LogP contribution in [0.25, 0.3) is 5.69 Å². The van der Waals surface area contributed by atoms with E-state index in [-0.39, 0.29) is 13.1 Å². The van der Waals surface area contributed by atoms with Crippen molar-refractivity contribution in [2.24, 2.45) is 0 Å². The lowest BCUT2D eigenvalue weighted by Gasteiger charge is -2.15. The van der Waals surface area contributed by atoms with Crippen molar-refractivity contribution in [2.75, 3.05) is 13.1 Å². The zero-order chi connectivity index (χ0) is 14.4. The summed E-state index contributed by atoms with van der Waals surface area (Å²) in [5.41, 5.74) is 1.52. The number of carboxylic acids is 1. The average molecular weight is 270 g/mol. The SMILES string of the molecule is C#CCN(CC(=O)O)Cc1cnn(-c2ccccc2)n1. The van der Waals surface area contributed by atoms with E-state index in [1.54, 1.807) is 11.1 Å². The number of carbonyl (C=O) groups is 1. The van der Waals surface area contributed by atoms with Crippen molar-refractivity contribution in [3.8, 4) is 18.0 Å². The van der Waals surface area contributed by atoms with Crippen LogP contribution in [0.4, 0.5) is 0 Å². The molecule has 6 nitrogen and oxygen atoms in total. The lowest BCUT2D eigenvalue weighted by Crippen LogP contribution is -2.29. The predicted octanol–water partition coefficient (Wildman–Crippen LogP) is 0.787. The van der Waals surface area contributed by atoms with Crippen molar-refractivity contribution in [1.29, 1.82) is 0 Å². The third kappa shape index (κ3) is 3.67. The number of carboxylic acid groups (broad SMARTS) is 1. The topological polar surface area (TPSA) is 71.2 Å². The van der Waals surface area contributed by atoms with E-state index < -0.39 is 5.97 Å². The molecule has 1 heterocycles. The van der Waals surface area contributed by atoms with Crippen LogP contribution in [0.3, 0.4) is 0 Å². The summed E-state index contributed by atoms with van der Waals surface area (Å²) in [5.74, 6) is 1.52. The van der Waals surface area contributed by atoms with Gasteiger partial charge in [0, 0.05) is 6.54 Å². The number of hydrogen-bond acceptors (Lipinski definition) is 4. The normalized spacial score (nSPS) is 10.4. The molecule has 6 heteroatoms. The van der Waals surface area contributed by atoms with Gasteiger partial charge in [-0.1, -0.05) is 24.1 Å². The Morgan fingerprint density at radius 1 is 1.40 bits per heavy atom. The van der Waals surface area contributed by atoms with E-state index >= 15 is 0 Å². The molecule has 0 saturated heterocycles. The number of para-hydroxylation sites is 1. The van der Waals surface area contributed by atoms with Crippen molar-refractivity contribution < 1.29 is 9.90 Å². The highest BCUT2D eigenvalue weighted by atomic mass is 16.4. The van der Waals surface area contributed by atoms with Crippen molar-refractivity contribution in [1.82, 2.24) is 19.9 Å². The molecule has 0 bridgehead atoms. The minimum atomic E-state index is -0.921. The largest absolute Gasteiger partial charge is 0.480 e. The van der Waals surface area contributed by atoms with Gasteiger partial charge < -0.3 is 5.11 Å². The fraction of sp³-hybridized carbons (Fsp3) is 0.214. The van der Waals surface area contributed by atoms with Crippen LogP contribution in [0.5, 0.6) is 0 Å². The first-order chi connectivity index (χ1) is 9.69. The maximum atomic E-state index is 10.7. The summed E-state index contributed by atoms with van der Waals surface area (Å²) in [5, 5.41) is 17.3. The summed E-state index contributed by atoms with van der Waals surface area (Å²) in [6, 6.07) is 9.48. The van der Waals surface area contributed by atoms with E-state index in [4.69, 9.17) is 11.5 Å². The molecule has 0 saturated carbocycles. The lowest BCUT2D eigenvalue weighted by molar-refractivity contribution is -0.138. The summed E-state index contributed by atoms with van der Waals surface area (Å²) in [4.78, 5) is 13.9. The summed E-state index contributed by atoms with van der Waals surface area (Å²) in [6.07, 6.45) is 6.84. The van der Waals surface area contributed by atoms with Crippen molar-refractivity contribution in [3.05, 3.63) is 42.2 Å². The molecule has 1 aromatic carbocycles. The second kappa shape index (κ2) is 6.50. The van der Waals surface area contributed by atoms with Crippen molar-refractivity contribution in [3.63, 3.8) is 0 Å². The van der Waals surface area contributed by atoms with Gasteiger partial charge in [0.05, 0.1) is 30.7 Å². The Balaban J connectivity index is 2.08. The van der Waals surface area contributed by atoms with Crippen LogP contribution in [0.2, 0.25) is 0 Å². The molecule has 0 amide bonds. The molecule has 0 unspecified atom stereocenters. The van der Waals surface area contributed by atoms with E-state index in [1.807, 2.05) is 30.3 Å². The van der Waals surface area contributed by atoms with Gasteiger partial charge >= 0.3 is 5.97 Å². The van der Waals surface area contributed by atoms with Crippen LogP contribution < -0.4 is 0 Å². The second-order valence-corrected chi connectivity index (χ2v) is 4.20. The van der Waals surface area contributed by atoms with E-state index in [9.17, 15) is 4.79 Å². The monoisotopic (exact) mass is 270 g/mol. The second-order valence-electron chi connectivity index (χ2n) is 4.20. The lowest BCUT2D eigenvalue weighted by atomic mass is 10.3. The summed E-state index contributed by atoms with van der Waals surface area (Å²) < 4.78 is 0. The molecule has 0 atom stereocenters.